The third-order valence-electron chi connectivity index (χ3n) is 6.18. The van der Waals surface area contributed by atoms with E-state index in [0.717, 1.165) is 55.6 Å². The number of rotatable bonds is 5. The van der Waals surface area contributed by atoms with Crippen molar-refractivity contribution in [1.82, 2.24) is 4.90 Å². The summed E-state index contributed by atoms with van der Waals surface area (Å²) < 4.78 is 14.1. The average molecular weight is 444 g/mol. The zero-order valence-electron chi connectivity index (χ0n) is 18.0. The molecule has 2 N–H and O–H groups in total. The molecule has 1 atom stereocenters. The van der Waals surface area contributed by atoms with Crippen molar-refractivity contribution in [3.8, 4) is 0 Å². The maximum Gasteiger partial charge on any atom is 0.259 e. The van der Waals surface area contributed by atoms with Crippen LogP contribution in [0, 0.1) is 11.7 Å². The Morgan fingerprint density at radius 1 is 1.13 bits per heavy atom. The smallest absolute Gasteiger partial charge is 0.259 e. The maximum atomic E-state index is 14.1. The fraction of sp³-hybridized carbons (Fsp3) is 0.500. The summed E-state index contributed by atoms with van der Waals surface area (Å²) in [6, 6.07) is 6.15. The molecule has 5 nitrogen and oxygen atoms in total. The lowest BCUT2D eigenvalue weighted by atomic mass is 9.88. The van der Waals surface area contributed by atoms with Crippen molar-refractivity contribution in [2.45, 2.75) is 51.9 Å². The molecule has 2 aliphatic rings. The second-order valence-corrected chi connectivity index (χ2v) is 9.83. The van der Waals surface area contributed by atoms with Crippen molar-refractivity contribution >= 4 is 33.8 Å². The molecule has 2 heterocycles. The van der Waals surface area contributed by atoms with Gasteiger partial charge in [0.15, 0.2) is 0 Å². The molecule has 0 bridgehead atoms. The zero-order valence-corrected chi connectivity index (χ0v) is 18.8. The molecule has 0 spiro atoms. The molecule has 1 aromatic carbocycles. The number of para-hydroxylation sites is 1. The van der Waals surface area contributed by atoms with Crippen molar-refractivity contribution in [1.29, 1.82) is 0 Å². The normalized spacial score (nSPS) is 19.4. The number of likely N-dealkylation sites (tertiary alicyclic amines) is 1. The highest BCUT2D eigenvalue weighted by atomic mass is 32.1. The highest BCUT2D eigenvalue weighted by Gasteiger charge is 2.29. The lowest BCUT2D eigenvalue weighted by Gasteiger charge is -2.19. The van der Waals surface area contributed by atoms with Gasteiger partial charge in [0.05, 0.1) is 17.8 Å². The van der Waals surface area contributed by atoms with E-state index >= 15 is 0 Å². The minimum Gasteiger partial charge on any atom is -0.319 e. The Labute approximate surface area is 187 Å². The van der Waals surface area contributed by atoms with E-state index in [1.165, 1.54) is 30.2 Å². The van der Waals surface area contributed by atoms with Crippen LogP contribution in [0.25, 0.3) is 0 Å². The molecular weight excluding hydrogens is 413 g/mol. The number of hydrogen-bond acceptors (Lipinski definition) is 4. The Morgan fingerprint density at radius 3 is 2.61 bits per heavy atom. The number of nitrogens with one attached hydrogen (secondary N) is 2. The molecule has 2 amide bonds. The van der Waals surface area contributed by atoms with Crippen LogP contribution in [0.3, 0.4) is 0 Å². The summed E-state index contributed by atoms with van der Waals surface area (Å²) in [4.78, 5) is 29.4. The molecular formula is C24H30FN3O2S. The topological polar surface area (TPSA) is 61.4 Å². The lowest BCUT2D eigenvalue weighted by molar-refractivity contribution is -0.117. The quantitative estimate of drug-likeness (QED) is 0.678. The van der Waals surface area contributed by atoms with Crippen LogP contribution in [0.4, 0.5) is 15.1 Å². The Kier molecular flexibility index (Phi) is 7.02. The molecule has 1 aliphatic heterocycles. The van der Waals surface area contributed by atoms with Gasteiger partial charge >= 0.3 is 0 Å². The van der Waals surface area contributed by atoms with E-state index in [-0.39, 0.29) is 17.5 Å². The highest BCUT2D eigenvalue weighted by Crippen LogP contribution is 2.40. The van der Waals surface area contributed by atoms with Gasteiger partial charge < -0.3 is 10.6 Å². The number of fused-ring (bicyclic) bond motifs is 1. The summed E-state index contributed by atoms with van der Waals surface area (Å²) >= 11 is 1.50. The van der Waals surface area contributed by atoms with Gasteiger partial charge in [-0.05, 0) is 68.8 Å². The highest BCUT2D eigenvalue weighted by molar-refractivity contribution is 7.17. The minimum absolute atomic E-state index is 0.0894. The number of hydrogen-bond donors (Lipinski definition) is 2. The zero-order chi connectivity index (χ0) is 21.8. The average Bonchev–Trinajstić information content (AvgIpc) is 2.89. The third kappa shape index (κ3) is 5.33. The van der Waals surface area contributed by atoms with Gasteiger partial charge in [-0.3, -0.25) is 14.5 Å². The summed E-state index contributed by atoms with van der Waals surface area (Å²) in [5.74, 6) is -0.370. The number of carbonyl (C=O) groups excluding carboxylic acids is 2. The van der Waals surface area contributed by atoms with Crippen molar-refractivity contribution < 1.29 is 14.0 Å². The predicted octanol–water partition coefficient (Wildman–Crippen LogP) is 5.08. The van der Waals surface area contributed by atoms with Crippen LogP contribution in [0.5, 0.6) is 0 Å². The fourth-order valence-electron chi connectivity index (χ4n) is 4.49. The first kappa shape index (κ1) is 22.0. The first-order chi connectivity index (χ1) is 15.0. The largest absolute Gasteiger partial charge is 0.319 e. The van der Waals surface area contributed by atoms with Gasteiger partial charge in [-0.1, -0.05) is 31.9 Å². The van der Waals surface area contributed by atoms with E-state index in [2.05, 4.69) is 22.5 Å². The SMILES string of the molecule is C[C@H]1CCc2c(sc(NC(=O)CN3CCCCCC3)c2C(=O)Nc2ccccc2F)C1. The number of halogens is 1. The maximum absolute atomic E-state index is 14.1. The number of anilines is 2. The molecule has 2 aromatic rings. The summed E-state index contributed by atoms with van der Waals surface area (Å²) in [6.45, 7) is 4.42. The molecule has 0 saturated carbocycles. The van der Waals surface area contributed by atoms with Gasteiger partial charge in [0.2, 0.25) is 5.91 Å². The van der Waals surface area contributed by atoms with Gasteiger partial charge in [-0.15, -0.1) is 11.3 Å². The van der Waals surface area contributed by atoms with Crippen LogP contribution in [-0.2, 0) is 17.6 Å². The van der Waals surface area contributed by atoms with Gasteiger partial charge in [-0.2, -0.15) is 0 Å². The molecule has 0 unspecified atom stereocenters. The van der Waals surface area contributed by atoms with E-state index < -0.39 is 5.82 Å². The molecule has 1 saturated heterocycles. The number of nitrogens with zero attached hydrogens (tertiary/aromatic N) is 1. The van der Waals surface area contributed by atoms with E-state index in [4.69, 9.17) is 0 Å². The standard InChI is InChI=1S/C24H30FN3O2S/c1-16-10-11-17-20(14-16)31-24(27-21(29)15-28-12-6-2-3-7-13-28)22(17)23(30)26-19-9-5-4-8-18(19)25/h4-5,8-9,16H,2-3,6-7,10-15H2,1H3,(H,26,30)(H,27,29)/t16-/m0/s1. The molecule has 7 heteroatoms. The molecule has 31 heavy (non-hydrogen) atoms. The Bertz CT molecular complexity index is 950. The van der Waals surface area contributed by atoms with Gasteiger partial charge in [0.25, 0.3) is 5.91 Å². The summed E-state index contributed by atoms with van der Waals surface area (Å²) in [6.07, 6.45) is 7.38. The number of benzene rings is 1. The van der Waals surface area contributed by atoms with Crippen molar-refractivity contribution in [2.24, 2.45) is 5.92 Å². The van der Waals surface area contributed by atoms with Crippen molar-refractivity contribution in [3.63, 3.8) is 0 Å². The molecule has 166 valence electrons. The van der Waals surface area contributed by atoms with Crippen LogP contribution in [-0.4, -0.2) is 36.3 Å². The lowest BCUT2D eigenvalue weighted by Crippen LogP contribution is -2.34. The third-order valence-corrected chi connectivity index (χ3v) is 7.35. The minimum atomic E-state index is -0.472. The predicted molar refractivity (Wildman–Crippen MR) is 123 cm³/mol. The van der Waals surface area contributed by atoms with Crippen molar-refractivity contribution in [3.05, 3.63) is 46.1 Å². The fourth-order valence-corrected chi connectivity index (χ4v) is 5.91. The van der Waals surface area contributed by atoms with E-state index in [9.17, 15) is 14.0 Å². The summed E-state index contributed by atoms with van der Waals surface area (Å²) in [5.41, 5.74) is 1.65. The van der Waals surface area contributed by atoms with Gasteiger partial charge in [0.1, 0.15) is 10.8 Å². The van der Waals surface area contributed by atoms with E-state index in [1.54, 1.807) is 18.2 Å². The van der Waals surface area contributed by atoms with Crippen LogP contribution in [0.15, 0.2) is 24.3 Å². The number of thiophene rings is 1. The summed E-state index contributed by atoms with van der Waals surface area (Å²) in [7, 11) is 0. The molecule has 1 aliphatic carbocycles. The second kappa shape index (κ2) is 9.92. The van der Waals surface area contributed by atoms with Crippen LogP contribution >= 0.6 is 11.3 Å². The molecule has 1 aromatic heterocycles. The Hall–Kier alpha value is -2.25. The first-order valence-corrected chi connectivity index (χ1v) is 12.1. The molecule has 1 fully saturated rings. The van der Waals surface area contributed by atoms with Crippen LogP contribution in [0.2, 0.25) is 0 Å². The monoisotopic (exact) mass is 443 g/mol. The van der Waals surface area contributed by atoms with Crippen LogP contribution in [0.1, 0.15) is 59.8 Å². The first-order valence-electron chi connectivity index (χ1n) is 11.2. The van der Waals surface area contributed by atoms with Gasteiger partial charge in [-0.25, -0.2) is 4.39 Å². The van der Waals surface area contributed by atoms with Crippen molar-refractivity contribution in [2.75, 3.05) is 30.3 Å². The second-order valence-electron chi connectivity index (χ2n) is 8.73. The molecule has 0 radical (unpaired) electrons. The molecule has 4 rings (SSSR count). The number of carbonyl (C=O) groups is 2. The van der Waals surface area contributed by atoms with E-state index in [1.807, 2.05) is 0 Å². The Morgan fingerprint density at radius 2 is 1.87 bits per heavy atom. The Balaban J connectivity index is 1.55. The van der Waals surface area contributed by atoms with E-state index in [0.29, 0.717) is 23.0 Å². The number of amides is 2. The van der Waals surface area contributed by atoms with Gasteiger partial charge in [0, 0.05) is 4.88 Å². The summed E-state index contributed by atoms with van der Waals surface area (Å²) in [5, 5.41) is 6.31. The van der Waals surface area contributed by atoms with Crippen LogP contribution < -0.4 is 10.6 Å².